The van der Waals surface area contributed by atoms with Crippen LogP contribution in [0.15, 0.2) is 186 Å². The van der Waals surface area contributed by atoms with Crippen LogP contribution in [0, 0.1) is 23.3 Å². The van der Waals surface area contributed by atoms with Crippen molar-refractivity contribution < 1.29 is 75.1 Å². The highest BCUT2D eigenvalue weighted by Gasteiger charge is 2.36. The quantitative estimate of drug-likeness (QED) is 0.0123. The first-order valence-corrected chi connectivity index (χ1v) is 47.3. The van der Waals surface area contributed by atoms with E-state index in [1.807, 2.05) is 121 Å². The van der Waals surface area contributed by atoms with Gasteiger partial charge in [0.2, 0.25) is 5.91 Å². The largest absolute Gasteiger partial charge is 0.444 e. The molecule has 8 aromatic rings. The second-order valence-corrected chi connectivity index (χ2v) is 35.7. The summed E-state index contributed by atoms with van der Waals surface area (Å²) in [6.45, 7) is 11.4. The summed E-state index contributed by atoms with van der Waals surface area (Å²) >= 11 is 35.3. The first-order valence-electron chi connectivity index (χ1n) is 40.5. The van der Waals surface area contributed by atoms with Gasteiger partial charge in [0.25, 0.3) is 0 Å². The summed E-state index contributed by atoms with van der Waals surface area (Å²) in [4.78, 5) is 89.6. The first kappa shape index (κ1) is 105. The molecular weight excluding hydrogens is 1880 g/mol. The Hall–Kier alpha value is -8.45. The van der Waals surface area contributed by atoms with Crippen LogP contribution in [0.1, 0.15) is 34.0 Å². The number of nitrogens with one attached hydrogen (secondary N) is 2. The standard InChI is InChI=1S/C21H21ClFN3O2S.C18H19FN2O2S.C16H20FN3O3S.C14H18FN3O2S.C10H11Cl2NO.C7H5ClO.C3H5ClO.2ClH/c22-16-3-1-15(2-4-16)12-24-13-18-14-26(21(27)28-18)17-5-6-20(19(23)11-17)25-7-9-29-10-8-25;19-16-12-15(6-7-17(16)21-8-10-24-11-9-21)20-18(22)23-13-14-4-2-1-3-5-14;1-11(21)18-9-13-10-20(16(22)23-13)12-2-3-15(14(17)8-12)19-4-6-24-7-5-19;15-12-7-10(18-9-11(8-16)20-14(18)19)1-2-13(12)17-3-5-21-6-4-17;11-5-10(14)7-13-6-8-1-3-9(12)4-2-8;8-7-3-1-6(5-9)2-4-7;4-1-3-2-5-3;;/h1-6,11-12,18H,7-10,13-14H2;1-7,12H,8-11,13H2,(H,20,22);2-3,8,13H,4-7,9-10H2,1H3,(H,18,21);1-2,7,11H,3-6,8-9,16H2;1-4,6,10,14H,5,7H2;1-5H;3H,1-2H2;2*1H/t18-;;13-;11-;10-;;3-;;/m0.001.1../s1. The summed E-state index contributed by atoms with van der Waals surface area (Å²) in [5.41, 5.74) is 13.2. The second-order valence-electron chi connectivity index (χ2n) is 28.9. The van der Waals surface area contributed by atoms with Crippen molar-refractivity contribution in [1.82, 2.24) is 5.32 Å². The summed E-state index contributed by atoms with van der Waals surface area (Å²) in [6, 6.07) is 50.2. The van der Waals surface area contributed by atoms with E-state index >= 15 is 0 Å². The van der Waals surface area contributed by atoms with Crippen molar-refractivity contribution in [3.05, 3.63) is 237 Å². The monoisotopic (exact) mass is 1980 g/mol. The molecular formula is C89H101Cl7F4N12O12S4. The number of aliphatic hydroxyl groups excluding tert-OH is 1. The van der Waals surface area contributed by atoms with Crippen LogP contribution < -0.4 is 50.7 Å². The van der Waals surface area contributed by atoms with E-state index in [-0.39, 0.29) is 98.3 Å². The first-order chi connectivity index (χ1) is 61.0. The van der Waals surface area contributed by atoms with E-state index in [1.54, 1.807) is 109 Å². The van der Waals surface area contributed by atoms with E-state index < -0.39 is 36.6 Å². The van der Waals surface area contributed by atoms with E-state index in [1.165, 1.54) is 45.9 Å². The van der Waals surface area contributed by atoms with Gasteiger partial charge in [-0.1, -0.05) is 102 Å². The number of amides is 5. The predicted molar refractivity (Wildman–Crippen MR) is 521 cm³/mol. The van der Waals surface area contributed by atoms with Gasteiger partial charge in [-0.25, -0.2) is 36.7 Å². The third-order valence-corrected chi connectivity index (χ3v) is 24.8. The van der Waals surface area contributed by atoms with Gasteiger partial charge in [0, 0.05) is 151 Å². The number of epoxide rings is 1. The lowest BCUT2D eigenvalue weighted by molar-refractivity contribution is -0.119. The van der Waals surface area contributed by atoms with Gasteiger partial charge in [0.15, 0.2) is 0 Å². The van der Waals surface area contributed by atoms with Gasteiger partial charge in [-0.05, 0) is 126 Å². The Morgan fingerprint density at radius 1 is 0.523 bits per heavy atom. The van der Waals surface area contributed by atoms with Crippen molar-refractivity contribution in [2.45, 2.75) is 44.1 Å². The number of aliphatic hydroxyl groups is 1. The van der Waals surface area contributed by atoms with Crippen LogP contribution in [-0.2, 0) is 35.1 Å². The van der Waals surface area contributed by atoms with E-state index in [2.05, 4.69) is 20.6 Å². The Morgan fingerprint density at radius 3 is 1.26 bits per heavy atom. The molecule has 5 N–H and O–H groups in total. The average molecular weight is 1980 g/mol. The molecule has 39 heteroatoms. The van der Waals surface area contributed by atoms with Gasteiger partial charge >= 0.3 is 24.4 Å². The van der Waals surface area contributed by atoms with Crippen molar-refractivity contribution in [3.8, 4) is 0 Å². The lowest BCUT2D eigenvalue weighted by Gasteiger charge is -2.29. The maximum atomic E-state index is 14.7. The summed E-state index contributed by atoms with van der Waals surface area (Å²) < 4.78 is 83.3. The number of hydrogen-bond acceptors (Lipinski definition) is 23. The second kappa shape index (κ2) is 55.7. The molecule has 0 saturated carbocycles. The number of thioether (sulfide) groups is 4. The molecule has 0 spiro atoms. The number of alkyl halides is 2. The highest BCUT2D eigenvalue weighted by Crippen LogP contribution is 2.34. The van der Waals surface area contributed by atoms with Crippen LogP contribution >= 0.6 is 130 Å². The number of rotatable bonds is 22. The average Bonchev–Trinajstić information content (AvgIpc) is 1.65. The Bertz CT molecular complexity index is 4880. The van der Waals surface area contributed by atoms with Gasteiger partial charge in [-0.3, -0.25) is 39.6 Å². The number of carbonyl (C=O) groups is 6. The van der Waals surface area contributed by atoms with Gasteiger partial charge < -0.3 is 59.4 Å². The summed E-state index contributed by atoms with van der Waals surface area (Å²) in [6.07, 6.45) is 0.852. The molecule has 8 aliphatic heterocycles. The number of aldehydes is 1. The molecule has 0 bridgehead atoms. The van der Waals surface area contributed by atoms with E-state index in [0.717, 1.165) is 128 Å². The molecule has 8 heterocycles. The van der Waals surface area contributed by atoms with Gasteiger partial charge in [-0.15, -0.1) is 48.0 Å². The molecule has 0 radical (unpaired) electrons. The molecule has 8 fully saturated rings. The van der Waals surface area contributed by atoms with Crippen LogP contribution in [0.3, 0.4) is 0 Å². The fraction of sp³-hybridized carbons (Fsp3) is 0.371. The molecule has 690 valence electrons. The number of nitrogens with two attached hydrogens (primary N) is 1. The molecule has 24 nitrogen and oxygen atoms in total. The zero-order valence-corrected chi connectivity index (χ0v) is 78.5. The van der Waals surface area contributed by atoms with Crippen LogP contribution in [0.4, 0.5) is 82.2 Å². The minimum absolute atomic E-state index is 0. The third kappa shape index (κ3) is 34.7. The summed E-state index contributed by atoms with van der Waals surface area (Å²) in [5, 5.41) is 16.3. The Balaban J connectivity index is 0.000000192. The molecule has 0 aliphatic carbocycles. The minimum atomic E-state index is -0.597. The lowest BCUT2D eigenvalue weighted by atomic mass is 10.2. The van der Waals surface area contributed by atoms with Gasteiger partial charge in [-0.2, -0.15) is 47.0 Å². The number of carbonyl (C=O) groups excluding carboxylic acids is 6. The van der Waals surface area contributed by atoms with Crippen LogP contribution in [0.25, 0.3) is 0 Å². The molecule has 8 aliphatic rings. The summed E-state index contributed by atoms with van der Waals surface area (Å²) in [5.74, 6) is 7.42. The van der Waals surface area contributed by atoms with Gasteiger partial charge in [0.1, 0.15) is 54.5 Å². The zero-order chi connectivity index (χ0) is 89.7. The fourth-order valence-corrected chi connectivity index (χ4v) is 17.1. The lowest BCUT2D eigenvalue weighted by Crippen LogP contribution is -2.34. The number of halogens is 11. The molecule has 0 aromatic heterocycles. The van der Waals surface area contributed by atoms with Crippen LogP contribution in [0.5, 0.6) is 0 Å². The SMILES string of the molecule is CC(=O)NC[C@H]1CN(c2ccc(N3CCSCC3)c(F)c2)C(=O)O1.Cl.Cl.ClC[C@@H]1CO1.NC[C@H]1CN(c2ccc(N3CCSCC3)c(F)c2)C(=O)O1.O=C(Nc1ccc(N2CCSCC2)c(F)c1)OCc1ccccc1.O=C1O[C@@H](CN=Cc2ccc(Cl)cc2)CN1c1ccc(N2CCSCC2)c(F)c1.O=Cc1ccc(Cl)cc1.O[C@H](CCl)CN=Cc1ccc(Cl)cc1. The molecule has 128 heavy (non-hydrogen) atoms. The number of nitrogens with zero attached hydrogens (tertiary/aromatic N) is 9. The number of anilines is 8. The van der Waals surface area contributed by atoms with E-state index in [4.69, 9.17) is 92.5 Å². The fourth-order valence-electron chi connectivity index (χ4n) is 12.9. The third-order valence-electron chi connectivity index (χ3n) is 19.6. The smallest absolute Gasteiger partial charge is 0.414 e. The van der Waals surface area contributed by atoms with E-state index in [9.17, 15) is 46.3 Å². The van der Waals surface area contributed by atoms with E-state index in [0.29, 0.717) is 104 Å². The van der Waals surface area contributed by atoms with Crippen LogP contribution in [0.2, 0.25) is 15.1 Å². The van der Waals surface area contributed by atoms with Crippen molar-refractivity contribution >= 4 is 224 Å². The summed E-state index contributed by atoms with van der Waals surface area (Å²) in [7, 11) is 0. The molecule has 8 aromatic carbocycles. The maximum absolute atomic E-state index is 14.7. The van der Waals surface area contributed by atoms with Crippen molar-refractivity contribution in [2.24, 2.45) is 15.7 Å². The normalized spacial score (nSPS) is 18.2. The maximum Gasteiger partial charge on any atom is 0.414 e. The molecule has 5 atom stereocenters. The van der Waals surface area contributed by atoms with Gasteiger partial charge in [0.05, 0.1) is 110 Å². The number of cyclic esters (lactones) is 3. The van der Waals surface area contributed by atoms with Crippen molar-refractivity contribution in [3.63, 3.8) is 0 Å². The predicted octanol–water partition coefficient (Wildman–Crippen LogP) is 18.1. The van der Waals surface area contributed by atoms with Crippen molar-refractivity contribution in [2.75, 3.05) is 202 Å². The number of hydrogen-bond donors (Lipinski definition) is 4. The molecule has 0 unspecified atom stereocenters. The van der Waals surface area contributed by atoms with Crippen molar-refractivity contribution in [1.29, 1.82) is 0 Å². The molecule has 5 amide bonds. The Kier molecular flexibility index (Phi) is 45.6. The number of ether oxygens (including phenoxy) is 5. The Morgan fingerprint density at radius 2 is 0.898 bits per heavy atom. The minimum Gasteiger partial charge on any atom is -0.444 e. The van der Waals surface area contributed by atoms with Crippen LogP contribution in [-0.4, -0.2) is 247 Å². The topological polar surface area (TPSA) is 270 Å². The number of aliphatic imine (C=N–C) groups is 2. The number of benzene rings is 8. The highest BCUT2D eigenvalue weighted by atomic mass is 35.5. The molecule has 8 saturated heterocycles. The highest BCUT2D eigenvalue weighted by molar-refractivity contribution is 8.00. The zero-order valence-electron chi connectivity index (χ0n) is 69.8. The molecule has 16 rings (SSSR count). The Labute approximate surface area is 797 Å².